The van der Waals surface area contributed by atoms with Crippen LogP contribution in [0.4, 0.5) is 0 Å². The number of ether oxygens (including phenoxy) is 1. The van der Waals surface area contributed by atoms with Gasteiger partial charge in [0.2, 0.25) is 0 Å². The van der Waals surface area contributed by atoms with E-state index >= 15 is 0 Å². The number of benzene rings is 4. The van der Waals surface area contributed by atoms with Crippen LogP contribution in [0.1, 0.15) is 122 Å². The third-order valence-corrected chi connectivity index (χ3v) is 16.1. The van der Waals surface area contributed by atoms with Crippen LogP contribution in [0.15, 0.2) is 118 Å². The van der Waals surface area contributed by atoms with E-state index in [2.05, 4.69) is 24.3 Å². The Labute approximate surface area is 399 Å². The first-order valence-corrected chi connectivity index (χ1v) is 26.8. The molecule has 4 aromatic rings. The highest BCUT2D eigenvalue weighted by molar-refractivity contribution is 7.87. The minimum atomic E-state index is -4.08. The van der Waals surface area contributed by atoms with Crippen molar-refractivity contribution in [3.05, 3.63) is 125 Å². The molecule has 1 N–H and O–H groups in total. The first-order valence-electron chi connectivity index (χ1n) is 22.6. The fourth-order valence-electron chi connectivity index (χ4n) is 7.66. The highest BCUT2D eigenvalue weighted by atomic mass is 32.2. The Bertz CT molecular complexity index is 2580. The average Bonchev–Trinajstić information content (AvgIpc) is 3.74. The predicted molar refractivity (Wildman–Crippen MR) is 257 cm³/mol. The van der Waals surface area contributed by atoms with Crippen LogP contribution < -0.4 is 0 Å². The Balaban J connectivity index is 0.000000221. The monoisotopic (exact) mass is 984 g/mol. The largest absolute Gasteiger partial charge is 0.459 e. The molecule has 0 radical (unpaired) electrons. The van der Waals surface area contributed by atoms with Crippen molar-refractivity contribution in [1.82, 2.24) is 0 Å². The molecule has 3 atom stereocenters. The number of Topliss-reactive ketones (excluding diaryl/α,β-unsaturated/α-hetero) is 1. The van der Waals surface area contributed by atoms with Crippen LogP contribution in [0.2, 0.25) is 0 Å². The van der Waals surface area contributed by atoms with Crippen molar-refractivity contribution >= 4 is 42.1 Å². The maximum atomic E-state index is 12.3. The van der Waals surface area contributed by atoms with Crippen LogP contribution in [0.25, 0.3) is 0 Å². The standard InChI is InChI=1S/C20H24O3S.C17H24O6S.C14H20O4S/c1-17-9-11-19(12-10-17)24(21,22)23-16-15-20(13-5-6-14-20)18-7-3-2-4-8-18;1-12-7-9-14(10-8-12)24(20,21)22-11-17(6,13(2)18)15(19)23-16(3,4)5;1-11-6-8-12(9-7-11)19(16,17)18-13-5-3-4-10-14(13,2)15/h2-4,7-12H,5-6,13-16H2,1H3;7-10H,11H2,1-6H3;6-9,13,15H,3-5,10H2,1-2H3/t;;13-,14+/m..1/s1. The van der Waals surface area contributed by atoms with Gasteiger partial charge in [0.1, 0.15) is 22.9 Å². The summed E-state index contributed by atoms with van der Waals surface area (Å²) in [4.78, 5) is 24.5. The van der Waals surface area contributed by atoms with Gasteiger partial charge in [-0.1, -0.05) is 109 Å². The highest BCUT2D eigenvalue weighted by Crippen LogP contribution is 2.44. The number of carbonyl (C=O) groups is 2. The molecule has 2 aliphatic carbocycles. The van der Waals surface area contributed by atoms with E-state index in [9.17, 15) is 39.9 Å². The zero-order valence-corrected chi connectivity index (χ0v) is 42.7. The van der Waals surface area contributed by atoms with Gasteiger partial charge < -0.3 is 9.84 Å². The lowest BCUT2D eigenvalue weighted by Crippen LogP contribution is -2.44. The van der Waals surface area contributed by atoms with Gasteiger partial charge >= 0.3 is 5.97 Å². The van der Waals surface area contributed by atoms with Gasteiger partial charge in [0.15, 0.2) is 0 Å². The molecular weight excluding hydrogens is 917 g/mol. The molecule has 0 aromatic heterocycles. The van der Waals surface area contributed by atoms with E-state index < -0.39 is 71.4 Å². The average molecular weight is 985 g/mol. The van der Waals surface area contributed by atoms with Crippen LogP contribution in [0, 0.1) is 26.2 Å². The molecule has 0 spiro atoms. The Morgan fingerprint density at radius 3 is 1.49 bits per heavy atom. The molecule has 2 aliphatic rings. The van der Waals surface area contributed by atoms with E-state index in [4.69, 9.17) is 17.3 Å². The van der Waals surface area contributed by atoms with Crippen LogP contribution in [0.3, 0.4) is 0 Å². The van der Waals surface area contributed by atoms with Crippen LogP contribution in [-0.4, -0.2) is 72.6 Å². The van der Waals surface area contributed by atoms with Crippen molar-refractivity contribution in [1.29, 1.82) is 0 Å². The molecule has 0 aliphatic heterocycles. The lowest BCUT2D eigenvalue weighted by atomic mass is 9.76. The molecule has 4 aromatic carbocycles. The van der Waals surface area contributed by atoms with Crippen LogP contribution >= 0.6 is 0 Å². The van der Waals surface area contributed by atoms with Gasteiger partial charge in [0.25, 0.3) is 30.4 Å². The topological polar surface area (TPSA) is 194 Å². The minimum absolute atomic E-state index is 0.0387. The summed E-state index contributed by atoms with van der Waals surface area (Å²) in [5.41, 5.74) is 0.705. The summed E-state index contributed by atoms with van der Waals surface area (Å²) in [7, 11) is -11.6. The molecule has 1 unspecified atom stereocenters. The number of aryl methyl sites for hydroxylation is 3. The zero-order valence-electron chi connectivity index (χ0n) is 40.2. The van der Waals surface area contributed by atoms with Gasteiger partial charge in [-0.25, -0.2) is 0 Å². The van der Waals surface area contributed by atoms with Gasteiger partial charge in [-0.2, -0.15) is 25.3 Å². The maximum Gasteiger partial charge on any atom is 0.322 e. The maximum absolute atomic E-state index is 12.3. The third kappa shape index (κ3) is 15.9. The second-order valence-electron chi connectivity index (χ2n) is 19.1. The van der Waals surface area contributed by atoms with Crippen molar-refractivity contribution in [2.45, 2.75) is 158 Å². The Morgan fingerprint density at radius 2 is 1.06 bits per heavy atom. The Morgan fingerprint density at radius 1 is 0.627 bits per heavy atom. The normalized spacial score (nSPS) is 19.4. The van der Waals surface area contributed by atoms with E-state index in [1.165, 1.54) is 56.5 Å². The second kappa shape index (κ2) is 22.9. The summed E-state index contributed by atoms with van der Waals surface area (Å²) in [5.74, 6) is -1.35. The van der Waals surface area contributed by atoms with Gasteiger partial charge in [-0.05, 0) is 142 Å². The van der Waals surface area contributed by atoms with E-state index in [1.807, 2.05) is 26.8 Å². The molecule has 0 amide bonds. The molecule has 2 fully saturated rings. The number of hydrogen-bond donors (Lipinski definition) is 1. The van der Waals surface area contributed by atoms with E-state index in [0.717, 1.165) is 48.8 Å². The van der Waals surface area contributed by atoms with Gasteiger partial charge in [0, 0.05) is 0 Å². The molecule has 6 rings (SSSR count). The molecule has 16 heteroatoms. The summed E-state index contributed by atoms with van der Waals surface area (Å²) >= 11 is 0. The summed E-state index contributed by atoms with van der Waals surface area (Å²) in [5, 5.41) is 10.2. The van der Waals surface area contributed by atoms with E-state index in [1.54, 1.807) is 76.2 Å². The van der Waals surface area contributed by atoms with Crippen molar-refractivity contribution in [3.8, 4) is 0 Å². The Hall–Kier alpha value is -4.29. The summed E-state index contributed by atoms with van der Waals surface area (Å²) in [6.45, 7) is 14.4. The van der Waals surface area contributed by atoms with Gasteiger partial charge in [0.05, 0.1) is 33.5 Å². The number of aliphatic hydroxyl groups is 1. The van der Waals surface area contributed by atoms with Gasteiger partial charge in [-0.3, -0.25) is 22.1 Å². The number of hydrogen-bond acceptors (Lipinski definition) is 13. The van der Waals surface area contributed by atoms with Crippen molar-refractivity contribution in [2.75, 3.05) is 13.2 Å². The number of rotatable bonds is 15. The molecule has 0 bridgehead atoms. The lowest BCUT2D eigenvalue weighted by molar-refractivity contribution is -0.170. The molecule has 0 saturated heterocycles. The van der Waals surface area contributed by atoms with Gasteiger partial charge in [-0.15, -0.1) is 0 Å². The lowest BCUT2D eigenvalue weighted by Gasteiger charge is -2.35. The molecule has 368 valence electrons. The number of ketones is 1. The first-order chi connectivity index (χ1) is 31.1. The second-order valence-corrected chi connectivity index (χ2v) is 23.9. The summed E-state index contributed by atoms with van der Waals surface area (Å²) in [6, 6.07) is 29.8. The molecule has 2 saturated carbocycles. The van der Waals surface area contributed by atoms with Crippen molar-refractivity contribution < 1.29 is 57.2 Å². The van der Waals surface area contributed by atoms with Crippen LogP contribution in [-0.2, 0) is 62.6 Å². The summed E-state index contributed by atoms with van der Waals surface area (Å²) in [6.07, 6.45) is 7.59. The van der Waals surface area contributed by atoms with E-state index in [-0.39, 0.29) is 26.7 Å². The minimum Gasteiger partial charge on any atom is -0.459 e. The quantitative estimate of drug-likeness (QED) is 0.0673. The summed E-state index contributed by atoms with van der Waals surface area (Å²) < 4.78 is 94.2. The highest BCUT2D eigenvalue weighted by Gasteiger charge is 2.44. The first kappa shape index (κ1) is 55.3. The number of esters is 1. The molecule has 13 nitrogen and oxygen atoms in total. The van der Waals surface area contributed by atoms with Crippen molar-refractivity contribution in [3.63, 3.8) is 0 Å². The van der Waals surface area contributed by atoms with E-state index in [0.29, 0.717) is 12.8 Å². The molecule has 67 heavy (non-hydrogen) atoms. The van der Waals surface area contributed by atoms with Crippen LogP contribution in [0.5, 0.6) is 0 Å². The fraction of sp³-hybridized carbons (Fsp3) is 0.490. The third-order valence-electron chi connectivity index (χ3n) is 12.2. The predicted octanol–water partition coefficient (Wildman–Crippen LogP) is 9.63. The SMILES string of the molecule is CC(=O)C(C)(COS(=O)(=O)c1ccc(C)cc1)C(=O)OC(C)(C)C.Cc1ccc(S(=O)(=O)OCCC2(c3ccccc3)CCCC2)cc1.Cc1ccc(S(=O)(=O)O[C@@H]2CCCC[C@]2(C)O)cc1. The molecular formula is C51H68O13S3. The Kier molecular flexibility index (Phi) is 18.9. The zero-order chi connectivity index (χ0) is 49.9. The van der Waals surface area contributed by atoms with Crippen molar-refractivity contribution in [2.24, 2.45) is 5.41 Å². The smallest absolute Gasteiger partial charge is 0.322 e. The molecule has 0 heterocycles. The number of carbonyl (C=O) groups excluding carboxylic acids is 2. The fourth-order valence-corrected chi connectivity index (χ4v) is 10.8.